The summed E-state index contributed by atoms with van der Waals surface area (Å²) in [5.41, 5.74) is 4.30. The van der Waals surface area contributed by atoms with Gasteiger partial charge in [0, 0.05) is 61.0 Å². The molecule has 0 bridgehead atoms. The highest BCUT2D eigenvalue weighted by Crippen LogP contribution is 2.30. The van der Waals surface area contributed by atoms with Gasteiger partial charge in [-0.3, -0.25) is 4.79 Å². The second kappa shape index (κ2) is 8.13. The predicted octanol–water partition coefficient (Wildman–Crippen LogP) is 3.52. The minimum atomic E-state index is -0.117. The fraction of sp³-hybridized carbons (Fsp3) is 0.174. The van der Waals surface area contributed by atoms with Crippen LogP contribution in [0.5, 0.6) is 0 Å². The zero-order valence-electron chi connectivity index (χ0n) is 16.8. The van der Waals surface area contributed by atoms with E-state index in [0.29, 0.717) is 11.3 Å². The number of hydrogen-bond donors (Lipinski definition) is 0. The SMILES string of the molecule is CCCc1ncc(-c2cc(=O)n(C)cc2-c2cnn(-c3ccccc3C#N)c2)cn1. The van der Waals surface area contributed by atoms with Gasteiger partial charge in [0.2, 0.25) is 0 Å². The molecule has 0 radical (unpaired) electrons. The second-order valence-corrected chi connectivity index (χ2v) is 6.99. The van der Waals surface area contributed by atoms with Gasteiger partial charge in [0.1, 0.15) is 11.9 Å². The quantitative estimate of drug-likeness (QED) is 0.515. The lowest BCUT2D eigenvalue weighted by atomic mass is 10.0. The van der Waals surface area contributed by atoms with E-state index in [9.17, 15) is 10.1 Å². The van der Waals surface area contributed by atoms with Gasteiger partial charge in [-0.2, -0.15) is 10.4 Å². The summed E-state index contributed by atoms with van der Waals surface area (Å²) < 4.78 is 3.20. The van der Waals surface area contributed by atoms with Crippen molar-refractivity contribution < 1.29 is 0 Å². The van der Waals surface area contributed by atoms with Crippen molar-refractivity contribution in [2.75, 3.05) is 0 Å². The summed E-state index contributed by atoms with van der Waals surface area (Å²) in [5, 5.41) is 13.8. The molecule has 0 amide bonds. The Hall–Kier alpha value is -4.05. The van der Waals surface area contributed by atoms with Crippen LogP contribution in [0, 0.1) is 11.3 Å². The molecular weight excluding hydrogens is 376 g/mol. The zero-order chi connectivity index (χ0) is 21.1. The molecule has 7 heteroatoms. The lowest BCUT2D eigenvalue weighted by Gasteiger charge is -2.10. The molecule has 0 spiro atoms. The Morgan fingerprint density at radius 3 is 2.53 bits per heavy atom. The molecule has 4 rings (SSSR count). The lowest BCUT2D eigenvalue weighted by molar-refractivity contribution is 0.834. The van der Waals surface area contributed by atoms with Gasteiger partial charge in [0.15, 0.2) is 0 Å². The fourth-order valence-corrected chi connectivity index (χ4v) is 3.31. The third kappa shape index (κ3) is 3.63. The van der Waals surface area contributed by atoms with Crippen molar-refractivity contribution in [2.24, 2.45) is 7.05 Å². The maximum atomic E-state index is 12.3. The van der Waals surface area contributed by atoms with Crippen LogP contribution in [0.2, 0.25) is 0 Å². The minimum Gasteiger partial charge on any atom is -0.318 e. The van der Waals surface area contributed by atoms with Gasteiger partial charge in [-0.05, 0) is 24.1 Å². The molecule has 0 aliphatic carbocycles. The van der Waals surface area contributed by atoms with Gasteiger partial charge in [-0.15, -0.1) is 0 Å². The number of pyridine rings is 1. The van der Waals surface area contributed by atoms with E-state index in [-0.39, 0.29) is 5.56 Å². The van der Waals surface area contributed by atoms with E-state index in [1.807, 2.05) is 24.4 Å². The molecule has 0 saturated carbocycles. The Labute approximate surface area is 173 Å². The predicted molar refractivity (Wildman–Crippen MR) is 114 cm³/mol. The summed E-state index contributed by atoms with van der Waals surface area (Å²) in [4.78, 5) is 21.2. The Balaban J connectivity index is 1.82. The summed E-state index contributed by atoms with van der Waals surface area (Å²) in [6.45, 7) is 2.08. The van der Waals surface area contributed by atoms with Crippen LogP contribution >= 0.6 is 0 Å². The first-order valence-electron chi connectivity index (χ1n) is 9.67. The largest absolute Gasteiger partial charge is 0.318 e. The molecule has 1 aromatic carbocycles. The van der Waals surface area contributed by atoms with Crippen molar-refractivity contribution in [3.63, 3.8) is 0 Å². The molecule has 0 aliphatic heterocycles. The maximum Gasteiger partial charge on any atom is 0.250 e. The smallest absolute Gasteiger partial charge is 0.250 e. The number of nitriles is 1. The van der Waals surface area contributed by atoms with E-state index in [1.165, 1.54) is 4.57 Å². The topological polar surface area (TPSA) is 89.4 Å². The molecule has 3 heterocycles. The van der Waals surface area contributed by atoms with Crippen LogP contribution in [-0.2, 0) is 13.5 Å². The number of nitrogens with zero attached hydrogens (tertiary/aromatic N) is 6. The van der Waals surface area contributed by atoms with Gasteiger partial charge in [0.05, 0.1) is 17.4 Å². The molecule has 148 valence electrons. The lowest BCUT2D eigenvalue weighted by Crippen LogP contribution is -2.15. The zero-order valence-corrected chi connectivity index (χ0v) is 16.8. The van der Waals surface area contributed by atoms with E-state index < -0.39 is 0 Å². The molecule has 3 aromatic heterocycles. The molecule has 0 saturated heterocycles. The number of para-hydroxylation sites is 1. The van der Waals surface area contributed by atoms with Crippen LogP contribution in [0.3, 0.4) is 0 Å². The highest BCUT2D eigenvalue weighted by atomic mass is 16.1. The Kier molecular flexibility index (Phi) is 5.22. The Morgan fingerprint density at radius 2 is 1.80 bits per heavy atom. The van der Waals surface area contributed by atoms with Crippen molar-refractivity contribution in [1.82, 2.24) is 24.3 Å². The number of rotatable bonds is 5. The van der Waals surface area contributed by atoms with Crippen LogP contribution in [0.15, 0.2) is 66.1 Å². The van der Waals surface area contributed by atoms with Crippen LogP contribution in [0.4, 0.5) is 0 Å². The minimum absolute atomic E-state index is 0.117. The van der Waals surface area contributed by atoms with Crippen molar-refractivity contribution in [3.05, 3.63) is 83.1 Å². The highest BCUT2D eigenvalue weighted by molar-refractivity contribution is 5.81. The van der Waals surface area contributed by atoms with Crippen molar-refractivity contribution in [1.29, 1.82) is 5.26 Å². The van der Waals surface area contributed by atoms with Crippen LogP contribution < -0.4 is 5.56 Å². The van der Waals surface area contributed by atoms with Crippen LogP contribution in [-0.4, -0.2) is 24.3 Å². The summed E-state index contributed by atoms with van der Waals surface area (Å²) in [6, 6.07) is 11.1. The van der Waals surface area contributed by atoms with Gasteiger partial charge < -0.3 is 4.57 Å². The van der Waals surface area contributed by atoms with Crippen molar-refractivity contribution in [2.45, 2.75) is 19.8 Å². The fourth-order valence-electron chi connectivity index (χ4n) is 3.31. The maximum absolute atomic E-state index is 12.3. The van der Waals surface area contributed by atoms with Gasteiger partial charge >= 0.3 is 0 Å². The summed E-state index contributed by atoms with van der Waals surface area (Å²) >= 11 is 0. The Morgan fingerprint density at radius 1 is 1.03 bits per heavy atom. The van der Waals surface area contributed by atoms with E-state index in [4.69, 9.17) is 0 Å². The first kappa shape index (κ1) is 19.3. The molecule has 0 N–H and O–H groups in total. The molecular formula is C23H20N6O. The average Bonchev–Trinajstić information content (AvgIpc) is 3.26. The van der Waals surface area contributed by atoms with Crippen LogP contribution in [0.25, 0.3) is 27.9 Å². The number of aryl methyl sites for hydroxylation is 2. The third-order valence-corrected chi connectivity index (χ3v) is 4.88. The van der Waals surface area contributed by atoms with Crippen molar-refractivity contribution in [3.8, 4) is 34.0 Å². The average molecular weight is 396 g/mol. The third-order valence-electron chi connectivity index (χ3n) is 4.88. The number of hydrogen-bond acceptors (Lipinski definition) is 5. The van der Waals surface area contributed by atoms with Crippen molar-refractivity contribution >= 4 is 0 Å². The van der Waals surface area contributed by atoms with Gasteiger partial charge in [-0.25, -0.2) is 14.6 Å². The van der Waals surface area contributed by atoms with E-state index in [0.717, 1.165) is 40.9 Å². The summed E-state index contributed by atoms with van der Waals surface area (Å²) in [6.07, 6.45) is 10.7. The normalized spacial score (nSPS) is 10.7. The van der Waals surface area contributed by atoms with Gasteiger partial charge in [0.25, 0.3) is 5.56 Å². The second-order valence-electron chi connectivity index (χ2n) is 6.99. The summed E-state index contributed by atoms with van der Waals surface area (Å²) in [5.74, 6) is 0.785. The van der Waals surface area contributed by atoms with E-state index >= 15 is 0 Å². The standard InChI is InChI=1S/C23H20N6O/c1-3-6-22-25-11-17(12-26-22)19-9-23(30)28(2)15-20(19)18-13-27-29(14-18)21-8-5-4-7-16(21)10-24/h4-5,7-9,11-15H,3,6H2,1-2H3. The first-order chi connectivity index (χ1) is 14.6. The molecule has 0 unspecified atom stereocenters. The molecule has 0 atom stereocenters. The molecule has 7 nitrogen and oxygen atoms in total. The molecule has 30 heavy (non-hydrogen) atoms. The van der Waals surface area contributed by atoms with Gasteiger partial charge in [-0.1, -0.05) is 19.1 Å². The Bertz CT molecular complexity index is 1290. The monoisotopic (exact) mass is 396 g/mol. The summed E-state index contributed by atoms with van der Waals surface area (Å²) in [7, 11) is 1.71. The number of benzene rings is 1. The molecule has 4 aromatic rings. The van der Waals surface area contributed by atoms with E-state index in [1.54, 1.807) is 48.6 Å². The molecule has 0 fully saturated rings. The number of aromatic nitrogens is 5. The first-order valence-corrected chi connectivity index (χ1v) is 9.67. The highest BCUT2D eigenvalue weighted by Gasteiger charge is 2.14. The van der Waals surface area contributed by atoms with Crippen LogP contribution in [0.1, 0.15) is 24.7 Å². The molecule has 0 aliphatic rings. The van der Waals surface area contributed by atoms with E-state index in [2.05, 4.69) is 28.1 Å².